The van der Waals surface area contributed by atoms with Gasteiger partial charge in [0.15, 0.2) is 0 Å². The van der Waals surface area contributed by atoms with Gasteiger partial charge in [0, 0.05) is 27.2 Å². The molecule has 0 saturated heterocycles. The molecule has 0 atom stereocenters. The van der Waals surface area contributed by atoms with Gasteiger partial charge in [-0.1, -0.05) is 6.07 Å². The van der Waals surface area contributed by atoms with Crippen LogP contribution in [0.15, 0.2) is 18.2 Å². The molecule has 0 unspecified atom stereocenters. The Morgan fingerprint density at radius 3 is 2.38 bits per heavy atom. The van der Waals surface area contributed by atoms with Crippen molar-refractivity contribution in [2.45, 2.75) is 13.0 Å². The number of hydrogen-bond acceptors (Lipinski definition) is 4. The van der Waals surface area contributed by atoms with E-state index in [1.807, 2.05) is 6.07 Å². The molecule has 9 heteroatoms. The Morgan fingerprint density at radius 2 is 1.81 bits per heavy atom. The van der Waals surface area contributed by atoms with E-state index < -0.39 is 20.2 Å². The maximum atomic E-state index is 11.8. The van der Waals surface area contributed by atoms with Gasteiger partial charge in [-0.05, 0) is 29.7 Å². The predicted octanol–water partition coefficient (Wildman–Crippen LogP) is 0.223. The van der Waals surface area contributed by atoms with Crippen molar-refractivity contribution < 1.29 is 16.8 Å². The molecule has 0 saturated carbocycles. The number of benzene rings is 1. The van der Waals surface area contributed by atoms with Crippen LogP contribution in [0.5, 0.6) is 0 Å². The Hall–Kier alpha value is -1.16. The van der Waals surface area contributed by atoms with Gasteiger partial charge in [0.25, 0.3) is 0 Å². The van der Waals surface area contributed by atoms with E-state index in [0.717, 1.165) is 15.4 Å². The summed E-state index contributed by atoms with van der Waals surface area (Å²) in [6.07, 6.45) is 1.81. The van der Waals surface area contributed by atoms with Crippen molar-refractivity contribution in [2.24, 2.45) is 0 Å². The van der Waals surface area contributed by atoms with Crippen molar-refractivity contribution >= 4 is 25.9 Å². The lowest BCUT2D eigenvalue weighted by atomic mass is 10.0. The summed E-state index contributed by atoms with van der Waals surface area (Å²) in [6.45, 7) is 0.723. The number of hydrogen-bond donors (Lipinski definition) is 1. The average molecular weight is 333 g/mol. The summed E-state index contributed by atoms with van der Waals surface area (Å²) >= 11 is 0. The summed E-state index contributed by atoms with van der Waals surface area (Å²) in [5.41, 5.74) is 2.30. The second kappa shape index (κ2) is 5.56. The van der Waals surface area contributed by atoms with Gasteiger partial charge in [-0.3, -0.25) is 4.72 Å². The highest BCUT2D eigenvalue weighted by atomic mass is 32.2. The van der Waals surface area contributed by atoms with Crippen LogP contribution in [0.4, 0.5) is 5.69 Å². The summed E-state index contributed by atoms with van der Waals surface area (Å²) in [7, 11) is -3.94. The van der Waals surface area contributed by atoms with E-state index in [4.69, 9.17) is 0 Å². The molecule has 0 amide bonds. The lowest BCUT2D eigenvalue weighted by molar-refractivity contribution is 0.395. The van der Waals surface area contributed by atoms with Gasteiger partial charge < -0.3 is 0 Å². The third kappa shape index (κ3) is 3.73. The van der Waals surface area contributed by atoms with Crippen LogP contribution in [0.1, 0.15) is 11.1 Å². The first-order valence-electron chi connectivity index (χ1n) is 6.37. The molecule has 1 aromatic rings. The van der Waals surface area contributed by atoms with E-state index in [0.29, 0.717) is 18.7 Å². The van der Waals surface area contributed by atoms with Crippen LogP contribution >= 0.6 is 0 Å². The third-order valence-electron chi connectivity index (χ3n) is 3.38. The minimum absolute atomic E-state index is 0.270. The molecule has 0 aromatic heterocycles. The van der Waals surface area contributed by atoms with Crippen molar-refractivity contribution in [1.82, 2.24) is 8.61 Å². The molecule has 1 aromatic carbocycles. The molecule has 1 N–H and O–H groups in total. The smallest absolute Gasteiger partial charge is 0.271 e. The van der Waals surface area contributed by atoms with Crippen molar-refractivity contribution in [3.05, 3.63) is 29.3 Å². The number of nitrogens with zero attached hydrogens (tertiary/aromatic N) is 2. The van der Waals surface area contributed by atoms with E-state index in [1.165, 1.54) is 24.7 Å². The molecular formula is C12H19N3O4S2. The fraction of sp³-hybridized carbons (Fsp3) is 0.500. The number of sulfonamides is 1. The van der Waals surface area contributed by atoms with Crippen LogP contribution < -0.4 is 4.72 Å². The van der Waals surface area contributed by atoms with Gasteiger partial charge >= 0.3 is 10.2 Å². The Bertz CT molecular complexity index is 742. The fourth-order valence-electron chi connectivity index (χ4n) is 2.12. The van der Waals surface area contributed by atoms with Crippen molar-refractivity contribution in [3.8, 4) is 0 Å². The van der Waals surface area contributed by atoms with Crippen LogP contribution in [-0.2, 0) is 33.2 Å². The van der Waals surface area contributed by atoms with E-state index in [1.54, 1.807) is 12.1 Å². The normalized spacial score (nSPS) is 16.8. The highest BCUT2D eigenvalue weighted by molar-refractivity contribution is 7.90. The first-order valence-corrected chi connectivity index (χ1v) is 9.65. The van der Waals surface area contributed by atoms with E-state index in [-0.39, 0.29) is 6.54 Å². The molecule has 1 heterocycles. The van der Waals surface area contributed by atoms with Gasteiger partial charge in [0.2, 0.25) is 10.0 Å². The zero-order chi connectivity index (χ0) is 15.8. The summed E-state index contributed by atoms with van der Waals surface area (Å²) < 4.78 is 51.7. The van der Waals surface area contributed by atoms with Gasteiger partial charge in [0.05, 0.1) is 11.9 Å². The van der Waals surface area contributed by atoms with Crippen LogP contribution in [-0.4, -0.2) is 52.3 Å². The van der Waals surface area contributed by atoms with Gasteiger partial charge in [-0.2, -0.15) is 17.0 Å². The number of nitrogens with one attached hydrogen (secondary N) is 1. The Morgan fingerprint density at radius 1 is 1.14 bits per heavy atom. The minimum atomic E-state index is -3.57. The standard InChI is InChI=1S/C12H19N3O4S2/c1-14(2)21(18,19)13-12-5-4-10-6-7-15(20(3,16)17)9-11(10)8-12/h4-5,8,13H,6-7,9H2,1-3H3. The highest BCUT2D eigenvalue weighted by Gasteiger charge is 2.23. The summed E-state index contributed by atoms with van der Waals surface area (Å²) in [4.78, 5) is 0. The second-order valence-electron chi connectivity index (χ2n) is 5.22. The third-order valence-corrected chi connectivity index (χ3v) is 6.08. The van der Waals surface area contributed by atoms with E-state index in [9.17, 15) is 16.8 Å². The summed E-state index contributed by atoms with van der Waals surface area (Å²) in [5, 5.41) is 0. The fourth-order valence-corrected chi connectivity index (χ4v) is 3.52. The van der Waals surface area contributed by atoms with Gasteiger partial charge in [-0.15, -0.1) is 0 Å². The molecule has 0 fully saturated rings. The minimum Gasteiger partial charge on any atom is -0.271 e. The van der Waals surface area contributed by atoms with E-state index >= 15 is 0 Å². The summed E-state index contributed by atoms with van der Waals surface area (Å²) in [5.74, 6) is 0. The topological polar surface area (TPSA) is 86.8 Å². The van der Waals surface area contributed by atoms with Gasteiger partial charge in [0.1, 0.15) is 0 Å². The molecule has 0 spiro atoms. The molecule has 0 bridgehead atoms. The molecule has 1 aliphatic rings. The molecule has 1 aliphatic heterocycles. The maximum Gasteiger partial charge on any atom is 0.301 e. The Kier molecular flexibility index (Phi) is 4.29. The lowest BCUT2D eigenvalue weighted by Crippen LogP contribution is -2.35. The molecule has 118 valence electrons. The van der Waals surface area contributed by atoms with Crippen molar-refractivity contribution in [1.29, 1.82) is 0 Å². The number of anilines is 1. The SMILES string of the molecule is CN(C)S(=O)(=O)Nc1ccc2c(c1)CN(S(C)(=O)=O)CC2. The monoisotopic (exact) mass is 333 g/mol. The van der Waals surface area contributed by atoms with E-state index in [2.05, 4.69) is 4.72 Å². The number of rotatable bonds is 4. The van der Waals surface area contributed by atoms with Crippen LogP contribution in [0, 0.1) is 0 Å². The van der Waals surface area contributed by atoms with Crippen LogP contribution in [0.3, 0.4) is 0 Å². The largest absolute Gasteiger partial charge is 0.301 e. The van der Waals surface area contributed by atoms with Crippen LogP contribution in [0.25, 0.3) is 0 Å². The second-order valence-corrected chi connectivity index (χ2v) is 9.09. The number of fused-ring (bicyclic) bond motifs is 1. The molecule has 2 rings (SSSR count). The zero-order valence-corrected chi connectivity index (χ0v) is 13.8. The molecule has 0 radical (unpaired) electrons. The first kappa shape index (κ1) is 16.2. The molecule has 0 aliphatic carbocycles. The first-order chi connectivity index (χ1) is 9.59. The molecular weight excluding hydrogens is 314 g/mol. The Balaban J connectivity index is 2.28. The molecule has 7 nitrogen and oxygen atoms in total. The predicted molar refractivity (Wildman–Crippen MR) is 81.6 cm³/mol. The summed E-state index contributed by atoms with van der Waals surface area (Å²) in [6, 6.07) is 5.21. The lowest BCUT2D eigenvalue weighted by Gasteiger charge is -2.27. The maximum absolute atomic E-state index is 11.8. The molecule has 21 heavy (non-hydrogen) atoms. The van der Waals surface area contributed by atoms with Crippen molar-refractivity contribution in [2.75, 3.05) is 31.6 Å². The van der Waals surface area contributed by atoms with Gasteiger partial charge in [-0.25, -0.2) is 8.42 Å². The average Bonchev–Trinajstić information content (AvgIpc) is 2.36. The zero-order valence-electron chi connectivity index (χ0n) is 12.2. The quantitative estimate of drug-likeness (QED) is 0.854. The highest BCUT2D eigenvalue weighted by Crippen LogP contribution is 2.24. The van der Waals surface area contributed by atoms with Crippen LogP contribution in [0.2, 0.25) is 0 Å². The van der Waals surface area contributed by atoms with Crippen molar-refractivity contribution in [3.63, 3.8) is 0 Å². The Labute approximate surface area is 125 Å².